The molecule has 0 aromatic heterocycles. The molecule has 0 aromatic rings. The molecule has 0 unspecified atom stereocenters. The number of ketones is 1. The molecule has 29 nitrogen and oxygen atoms in total. The number of allylic oxidation sites excluding steroid dienone is 4. The predicted molar refractivity (Wildman–Crippen MR) is 298 cm³/mol. The van der Waals surface area contributed by atoms with Crippen LogP contribution in [0.5, 0.6) is 0 Å². The van der Waals surface area contributed by atoms with Crippen molar-refractivity contribution in [2.45, 2.75) is 260 Å². The average Bonchev–Trinajstić information content (AvgIpc) is 1.53. The van der Waals surface area contributed by atoms with Crippen LogP contribution in [0.3, 0.4) is 0 Å². The number of hydrogen-bond acceptors (Lipinski definition) is 28. The summed E-state index contributed by atoms with van der Waals surface area (Å²) in [5.41, 5.74) is -1.61. The Morgan fingerprint density at radius 2 is 1.27 bits per heavy atom. The highest BCUT2D eigenvalue weighted by molar-refractivity contribution is 7.80. The van der Waals surface area contributed by atoms with Crippen molar-refractivity contribution in [3.63, 3.8) is 0 Å². The first-order valence-electron chi connectivity index (χ1n) is 30.8. The van der Waals surface area contributed by atoms with Crippen LogP contribution in [0.1, 0.15) is 107 Å². The maximum Gasteiger partial charge on any atom is 0.397 e. The van der Waals surface area contributed by atoms with Crippen LogP contribution in [0.15, 0.2) is 23.3 Å². The minimum Gasteiger partial charge on any atom is -0.458 e. The van der Waals surface area contributed by atoms with Crippen molar-refractivity contribution >= 4 is 22.2 Å². The van der Waals surface area contributed by atoms with Gasteiger partial charge in [0.2, 0.25) is 0 Å². The van der Waals surface area contributed by atoms with Gasteiger partial charge < -0.3 is 113 Å². The molecule has 12 N–H and O–H groups in total. The van der Waals surface area contributed by atoms with E-state index in [4.69, 9.17) is 61.0 Å². The van der Waals surface area contributed by atoms with Gasteiger partial charge in [0, 0.05) is 18.9 Å². The number of aliphatic hydroxyl groups excluding tert-OH is 11. The van der Waals surface area contributed by atoms with Crippen molar-refractivity contribution in [2.24, 2.45) is 39.4 Å². The van der Waals surface area contributed by atoms with Gasteiger partial charge in [-0.15, -0.1) is 0 Å². The molecule has 31 atom stereocenters. The molecule has 89 heavy (non-hydrogen) atoms. The van der Waals surface area contributed by atoms with Gasteiger partial charge in [-0.05, 0) is 95.3 Å². The molecule has 3 saturated carbocycles. The van der Waals surface area contributed by atoms with Crippen LogP contribution in [0, 0.1) is 39.4 Å². The number of methoxy groups -OCH3 is 1. The molecule has 508 valence electrons. The lowest BCUT2D eigenvalue weighted by molar-refractivity contribution is -0.403. The topological polar surface area (TPSA) is 431 Å². The zero-order chi connectivity index (χ0) is 65.0. The smallest absolute Gasteiger partial charge is 0.397 e. The predicted octanol–water partition coefficient (Wildman–Crippen LogP) is -1.92. The van der Waals surface area contributed by atoms with Crippen molar-refractivity contribution < 1.29 is 140 Å². The van der Waals surface area contributed by atoms with E-state index >= 15 is 0 Å². The molecule has 4 aliphatic carbocycles. The number of carbonyl (C=O) groups excluding carboxylic acids is 2. The van der Waals surface area contributed by atoms with Crippen molar-refractivity contribution in [3.05, 3.63) is 23.3 Å². The van der Waals surface area contributed by atoms with Crippen LogP contribution in [0.4, 0.5) is 0 Å². The molecule has 30 heteroatoms. The lowest BCUT2D eigenvalue weighted by Crippen LogP contribution is -2.68. The number of aliphatic hydroxyl groups is 11. The number of Topliss-reactive ketones (excluding diaryl/α,β-unsaturated/α-hetero) is 1. The van der Waals surface area contributed by atoms with E-state index < -0.39 is 212 Å². The van der Waals surface area contributed by atoms with E-state index in [9.17, 15) is 78.7 Å². The summed E-state index contributed by atoms with van der Waals surface area (Å²) >= 11 is 0. The Bertz CT molecular complexity index is 2710. The molecule has 6 saturated heterocycles. The Hall–Kier alpha value is -2.39. The van der Waals surface area contributed by atoms with Gasteiger partial charge in [0.05, 0.1) is 50.0 Å². The maximum absolute atomic E-state index is 14.5. The third kappa shape index (κ3) is 12.2. The summed E-state index contributed by atoms with van der Waals surface area (Å²) in [7, 11) is -4.11. The van der Waals surface area contributed by atoms with E-state index in [-0.39, 0.29) is 35.4 Å². The molecule has 6 heterocycles. The molecule has 10 rings (SSSR count). The van der Waals surface area contributed by atoms with Crippen molar-refractivity contribution in [1.82, 2.24) is 0 Å². The van der Waals surface area contributed by atoms with E-state index in [0.29, 0.717) is 44.9 Å². The number of fused-ring (bicyclic) bond motifs is 4. The fourth-order valence-electron chi connectivity index (χ4n) is 17.1. The molecule has 0 aromatic carbocycles. The fourth-order valence-corrected chi connectivity index (χ4v) is 17.6. The second kappa shape index (κ2) is 26.0. The van der Waals surface area contributed by atoms with Gasteiger partial charge in [-0.2, -0.15) is 8.42 Å². The third-order valence-electron chi connectivity index (χ3n) is 21.7. The quantitative estimate of drug-likeness (QED) is 0.0404. The first kappa shape index (κ1) is 69.4. The van der Waals surface area contributed by atoms with E-state index in [0.717, 1.165) is 18.3 Å². The van der Waals surface area contributed by atoms with E-state index in [1.165, 1.54) is 6.92 Å². The maximum atomic E-state index is 14.5. The lowest BCUT2D eigenvalue weighted by atomic mass is 9.41. The molecule has 6 aliphatic heterocycles. The zero-order valence-electron chi connectivity index (χ0n) is 51.4. The number of hydrogen-bond donors (Lipinski definition) is 12. The van der Waals surface area contributed by atoms with E-state index in [2.05, 4.69) is 26.0 Å². The zero-order valence-corrected chi connectivity index (χ0v) is 52.3. The van der Waals surface area contributed by atoms with Crippen LogP contribution < -0.4 is 0 Å². The summed E-state index contributed by atoms with van der Waals surface area (Å²) in [5, 5.41) is 122. The van der Waals surface area contributed by atoms with Gasteiger partial charge in [0.25, 0.3) is 0 Å². The summed E-state index contributed by atoms with van der Waals surface area (Å²) in [4.78, 5) is 28.9. The summed E-state index contributed by atoms with van der Waals surface area (Å²) in [6.45, 7) is 12.7. The van der Waals surface area contributed by atoms with Crippen LogP contribution in [-0.4, -0.2) is 267 Å². The summed E-state index contributed by atoms with van der Waals surface area (Å²) in [6.07, 6.45) is -33.1. The summed E-state index contributed by atoms with van der Waals surface area (Å²) in [5.74, 6) is -0.974. The number of ether oxygens (including phenoxy) is 12. The number of carbonyl (C=O) groups is 2. The van der Waals surface area contributed by atoms with Crippen LogP contribution in [0.25, 0.3) is 0 Å². The highest BCUT2D eigenvalue weighted by Gasteiger charge is 2.79. The normalized spacial score (nSPS) is 50.7. The van der Waals surface area contributed by atoms with E-state index in [1.54, 1.807) is 0 Å². The Morgan fingerprint density at radius 3 is 1.90 bits per heavy atom. The Labute approximate surface area is 516 Å². The average molecular weight is 1300 g/mol. The molecule has 0 bridgehead atoms. The van der Waals surface area contributed by atoms with Crippen LogP contribution >= 0.6 is 0 Å². The SMILES string of the molecule is CO[C@@H]1[C@@H](O)[C@H](O[C@@H]2[C@@H](O)[C@H](O[C@@H]3[C@H](O)[C@@H](O[C@@H]4OC[C@@H](O)[C@H](O)[C@H]4O)[C@H](O[C@H]4[C@H](O[C@H]5CC[C@]6(C)[C@H]7CC[C@]89C(=O)O[C@@](C)(CCC=C(C)C)[C@H]8C(=O)C[C@@]9(C)C7=CC[C@H]6C5(C)C)OC[C@@H](OS(=O)(=O)O)[C@@H]4O)O[C@@H]3C)O[C@H](CO)[C@H]2O)O[C@H](CO)[C@H]1O. The minimum atomic E-state index is -5.27. The van der Waals surface area contributed by atoms with Gasteiger partial charge >= 0.3 is 16.4 Å². The van der Waals surface area contributed by atoms with Gasteiger partial charge in [0.1, 0.15) is 115 Å². The summed E-state index contributed by atoms with van der Waals surface area (Å²) in [6, 6.07) is 0. The van der Waals surface area contributed by atoms with Crippen LogP contribution in [0.2, 0.25) is 0 Å². The molecule has 10 aliphatic rings. The molecular formula is C59H92O29S. The fraction of sp³-hybridized carbons (Fsp3) is 0.898. The molecule has 1 spiro atoms. The molecular weight excluding hydrogens is 1200 g/mol. The third-order valence-corrected chi connectivity index (χ3v) is 22.2. The second-order valence-electron chi connectivity index (χ2n) is 27.7. The molecule has 0 radical (unpaired) electrons. The summed E-state index contributed by atoms with van der Waals surface area (Å²) < 4.78 is 112. The number of cyclic esters (lactones) is 1. The van der Waals surface area contributed by atoms with Crippen molar-refractivity contribution in [1.29, 1.82) is 0 Å². The highest BCUT2D eigenvalue weighted by atomic mass is 32.3. The van der Waals surface area contributed by atoms with E-state index in [1.807, 2.05) is 34.6 Å². The van der Waals surface area contributed by atoms with Crippen LogP contribution in [-0.2, 0) is 81.0 Å². The second-order valence-corrected chi connectivity index (χ2v) is 28.7. The first-order valence-corrected chi connectivity index (χ1v) is 32.2. The van der Waals surface area contributed by atoms with Crippen molar-refractivity contribution in [3.8, 4) is 0 Å². The van der Waals surface area contributed by atoms with Gasteiger partial charge in [-0.25, -0.2) is 4.18 Å². The monoisotopic (exact) mass is 1300 g/mol. The first-order chi connectivity index (χ1) is 41.7. The standard InChI is InChI=1S/C59H92O29S/c1-24(2)11-10-16-58(8)48-28(62)19-57(7)27-12-13-33-55(4,5)34(15-17-56(33,6)26(27)14-18-59(48,57)54(72)87-58)82-52-46(38(67)32(23-78-52)88-89(73,74)75)86-53-47(85-49-39(68)35(64)29(63)22-77-49)40(69)43(25(3)79-53)83-51-42(71)45(37(66)31(21-61)81-51)84-50-41(70)44(76-9)36(65)30(20-60)80-50/h11-12,25-26,29-53,60-61,63-71H,10,13-23H2,1-9H3,(H,73,74,75)/t25-,26+,29-,30-,31-,32-,33+,34+,35+,36-,37-,38+,39-,40+,41-,42-,43+,44+,45+,46-,47-,48-,49+,50+,51+,52+,53+,56-,57+,58+,59-/m1/s1. The lowest BCUT2D eigenvalue weighted by Gasteiger charge is -2.63. The largest absolute Gasteiger partial charge is 0.458 e. The Balaban J connectivity index is 0.909. The molecule has 9 fully saturated rings. The highest BCUT2D eigenvalue weighted by Crippen LogP contribution is 2.75. The van der Waals surface area contributed by atoms with Gasteiger partial charge in [-0.1, -0.05) is 51.0 Å². The number of esters is 1. The minimum absolute atomic E-state index is 0.0232. The Kier molecular flexibility index (Phi) is 20.3. The molecule has 0 amide bonds. The van der Waals surface area contributed by atoms with Gasteiger partial charge in [0.15, 0.2) is 31.5 Å². The Morgan fingerprint density at radius 1 is 0.674 bits per heavy atom. The van der Waals surface area contributed by atoms with Gasteiger partial charge in [-0.3, -0.25) is 14.1 Å². The number of rotatable bonds is 18. The van der Waals surface area contributed by atoms with Crippen molar-refractivity contribution in [2.75, 3.05) is 33.5 Å².